The van der Waals surface area contributed by atoms with Crippen molar-refractivity contribution < 1.29 is 4.79 Å². The van der Waals surface area contributed by atoms with E-state index in [0.29, 0.717) is 5.69 Å². The van der Waals surface area contributed by atoms with Gasteiger partial charge in [-0.25, -0.2) is 5.01 Å². The summed E-state index contributed by atoms with van der Waals surface area (Å²) in [6, 6.07) is 15.6. The summed E-state index contributed by atoms with van der Waals surface area (Å²) in [5.41, 5.74) is 13.0. The highest BCUT2D eigenvalue weighted by Gasteiger charge is 2.38. The highest BCUT2D eigenvalue weighted by Crippen LogP contribution is 2.41. The lowest BCUT2D eigenvalue weighted by Crippen LogP contribution is -2.55. The zero-order chi connectivity index (χ0) is 18.1. The van der Waals surface area contributed by atoms with Crippen LogP contribution in [0.25, 0.3) is 0 Å². The first kappa shape index (κ1) is 16.9. The quantitative estimate of drug-likeness (QED) is 0.731. The van der Waals surface area contributed by atoms with Gasteiger partial charge in [0.1, 0.15) is 6.04 Å². The van der Waals surface area contributed by atoms with Crippen LogP contribution in [0.2, 0.25) is 0 Å². The first-order valence-electron chi connectivity index (χ1n) is 9.07. The SMILES string of the molecule is CN1CCN(NC(=O)C2Nc3ccc(N)cc3C2c2ccccc2)CC1. The molecule has 6 heteroatoms. The van der Waals surface area contributed by atoms with E-state index in [9.17, 15) is 4.79 Å². The maximum absolute atomic E-state index is 13.1. The summed E-state index contributed by atoms with van der Waals surface area (Å²) < 4.78 is 0. The Hall–Kier alpha value is -2.57. The van der Waals surface area contributed by atoms with Crippen LogP contribution in [0, 0.1) is 0 Å². The van der Waals surface area contributed by atoms with Gasteiger partial charge in [-0.2, -0.15) is 0 Å². The van der Waals surface area contributed by atoms with Crippen molar-refractivity contribution in [3.8, 4) is 0 Å². The molecule has 1 amide bonds. The van der Waals surface area contributed by atoms with Gasteiger partial charge in [0.2, 0.25) is 0 Å². The number of nitrogens with one attached hydrogen (secondary N) is 2. The van der Waals surface area contributed by atoms with Crippen molar-refractivity contribution in [1.82, 2.24) is 15.3 Å². The van der Waals surface area contributed by atoms with Gasteiger partial charge in [0.25, 0.3) is 5.91 Å². The van der Waals surface area contributed by atoms with Gasteiger partial charge >= 0.3 is 0 Å². The second-order valence-corrected chi connectivity index (χ2v) is 7.12. The maximum atomic E-state index is 13.1. The average Bonchev–Trinajstić information content (AvgIpc) is 3.03. The van der Waals surface area contributed by atoms with Crippen molar-refractivity contribution in [2.75, 3.05) is 44.3 Å². The van der Waals surface area contributed by atoms with Crippen LogP contribution in [0.15, 0.2) is 48.5 Å². The minimum absolute atomic E-state index is 0.00169. The lowest BCUT2D eigenvalue weighted by molar-refractivity contribution is -0.127. The van der Waals surface area contributed by atoms with Crippen molar-refractivity contribution >= 4 is 17.3 Å². The highest BCUT2D eigenvalue weighted by atomic mass is 16.2. The van der Waals surface area contributed by atoms with Crippen LogP contribution in [0.4, 0.5) is 11.4 Å². The predicted molar refractivity (Wildman–Crippen MR) is 104 cm³/mol. The molecule has 1 fully saturated rings. The standard InChI is InChI=1S/C20H25N5O/c1-24-9-11-25(12-10-24)23-20(26)19-18(14-5-3-2-4-6-14)16-13-15(21)7-8-17(16)22-19/h2-8,13,18-19,22H,9-12,21H2,1H3,(H,23,26). The molecule has 0 radical (unpaired) electrons. The molecule has 4 N–H and O–H groups in total. The highest BCUT2D eigenvalue weighted by molar-refractivity contribution is 5.89. The van der Waals surface area contributed by atoms with Gasteiger partial charge in [-0.05, 0) is 36.4 Å². The van der Waals surface area contributed by atoms with Gasteiger partial charge < -0.3 is 16.0 Å². The Morgan fingerprint density at radius 2 is 1.85 bits per heavy atom. The van der Waals surface area contributed by atoms with Gasteiger partial charge in [-0.1, -0.05) is 30.3 Å². The molecule has 2 heterocycles. The van der Waals surface area contributed by atoms with E-state index in [1.807, 2.05) is 41.4 Å². The van der Waals surface area contributed by atoms with Gasteiger partial charge in [0.15, 0.2) is 0 Å². The summed E-state index contributed by atoms with van der Waals surface area (Å²) in [6.07, 6.45) is 0. The first-order chi connectivity index (χ1) is 12.6. The van der Waals surface area contributed by atoms with Gasteiger partial charge in [0, 0.05) is 43.5 Å². The van der Waals surface area contributed by atoms with Crippen LogP contribution in [0.5, 0.6) is 0 Å². The third-order valence-corrected chi connectivity index (χ3v) is 5.27. The van der Waals surface area contributed by atoms with Crippen molar-refractivity contribution in [2.45, 2.75) is 12.0 Å². The molecule has 1 saturated heterocycles. The largest absolute Gasteiger partial charge is 0.399 e. The average molecular weight is 351 g/mol. The van der Waals surface area contributed by atoms with E-state index in [1.165, 1.54) is 0 Å². The van der Waals surface area contributed by atoms with E-state index < -0.39 is 0 Å². The lowest BCUT2D eigenvalue weighted by Gasteiger charge is -2.33. The number of benzene rings is 2. The Labute approximate surface area is 153 Å². The number of hydrogen-bond acceptors (Lipinski definition) is 5. The number of nitrogens with two attached hydrogens (primary N) is 1. The van der Waals surface area contributed by atoms with E-state index in [2.05, 4.69) is 34.8 Å². The molecular formula is C20H25N5O. The van der Waals surface area contributed by atoms with E-state index in [0.717, 1.165) is 43.0 Å². The Kier molecular flexibility index (Phi) is 4.53. The fraction of sp³-hybridized carbons (Fsp3) is 0.350. The van der Waals surface area contributed by atoms with Crippen molar-refractivity contribution in [2.24, 2.45) is 0 Å². The fourth-order valence-corrected chi connectivity index (χ4v) is 3.79. The fourth-order valence-electron chi connectivity index (χ4n) is 3.79. The predicted octanol–water partition coefficient (Wildman–Crippen LogP) is 1.47. The minimum atomic E-state index is -0.353. The lowest BCUT2D eigenvalue weighted by atomic mass is 9.87. The summed E-state index contributed by atoms with van der Waals surface area (Å²) in [4.78, 5) is 15.3. The number of rotatable bonds is 3. The molecule has 136 valence electrons. The molecule has 0 aliphatic carbocycles. The second kappa shape index (κ2) is 6.97. The number of hydrazine groups is 1. The smallest absolute Gasteiger partial charge is 0.257 e. The Bertz CT molecular complexity index is 786. The number of piperazine rings is 1. The van der Waals surface area contributed by atoms with E-state index in [-0.39, 0.29) is 17.9 Å². The molecule has 2 aromatic carbocycles. The molecule has 2 unspecified atom stereocenters. The molecule has 2 aromatic rings. The van der Waals surface area contributed by atoms with Gasteiger partial charge in [-0.3, -0.25) is 10.2 Å². The molecular weight excluding hydrogens is 326 g/mol. The van der Waals surface area contributed by atoms with E-state index in [4.69, 9.17) is 5.73 Å². The van der Waals surface area contributed by atoms with E-state index >= 15 is 0 Å². The molecule has 26 heavy (non-hydrogen) atoms. The van der Waals surface area contributed by atoms with Crippen LogP contribution in [-0.2, 0) is 4.79 Å². The third kappa shape index (κ3) is 3.25. The number of amides is 1. The number of likely N-dealkylation sites (N-methyl/N-ethyl adjacent to an activating group) is 1. The van der Waals surface area contributed by atoms with Crippen LogP contribution in [0.3, 0.4) is 0 Å². The molecule has 2 aliphatic heterocycles. The Morgan fingerprint density at radius 1 is 1.12 bits per heavy atom. The molecule has 2 atom stereocenters. The topological polar surface area (TPSA) is 73.6 Å². The normalized spacial score (nSPS) is 23.3. The van der Waals surface area contributed by atoms with Gasteiger partial charge in [-0.15, -0.1) is 0 Å². The number of hydrogen-bond donors (Lipinski definition) is 3. The number of nitrogen functional groups attached to an aromatic ring is 1. The summed E-state index contributed by atoms with van der Waals surface area (Å²) in [5, 5.41) is 5.42. The zero-order valence-electron chi connectivity index (χ0n) is 15.0. The summed E-state index contributed by atoms with van der Waals surface area (Å²) in [7, 11) is 2.10. The van der Waals surface area contributed by atoms with Crippen LogP contribution in [-0.4, -0.2) is 55.1 Å². The molecule has 0 bridgehead atoms. The number of carbonyl (C=O) groups is 1. The van der Waals surface area contributed by atoms with E-state index in [1.54, 1.807) is 0 Å². The molecule has 0 aromatic heterocycles. The third-order valence-electron chi connectivity index (χ3n) is 5.27. The van der Waals surface area contributed by atoms with Crippen LogP contribution >= 0.6 is 0 Å². The number of fused-ring (bicyclic) bond motifs is 1. The van der Waals surface area contributed by atoms with Crippen LogP contribution in [0.1, 0.15) is 17.0 Å². The molecule has 4 rings (SSSR count). The first-order valence-corrected chi connectivity index (χ1v) is 9.07. The second-order valence-electron chi connectivity index (χ2n) is 7.12. The molecule has 0 saturated carbocycles. The Morgan fingerprint density at radius 3 is 2.58 bits per heavy atom. The molecule has 6 nitrogen and oxygen atoms in total. The maximum Gasteiger partial charge on any atom is 0.257 e. The number of anilines is 2. The van der Waals surface area contributed by atoms with Crippen molar-refractivity contribution in [1.29, 1.82) is 0 Å². The summed E-state index contributed by atoms with van der Waals surface area (Å²) in [6.45, 7) is 3.59. The monoisotopic (exact) mass is 351 g/mol. The summed E-state index contributed by atoms with van der Waals surface area (Å²) in [5.74, 6) is -0.0552. The Balaban J connectivity index is 1.59. The molecule has 2 aliphatic rings. The minimum Gasteiger partial charge on any atom is -0.399 e. The number of nitrogens with zero attached hydrogens (tertiary/aromatic N) is 2. The zero-order valence-corrected chi connectivity index (χ0v) is 15.0. The summed E-state index contributed by atoms with van der Waals surface area (Å²) >= 11 is 0. The van der Waals surface area contributed by atoms with Crippen molar-refractivity contribution in [3.05, 3.63) is 59.7 Å². The van der Waals surface area contributed by atoms with Gasteiger partial charge in [0.05, 0.1) is 0 Å². The number of carbonyl (C=O) groups excluding carboxylic acids is 1. The van der Waals surface area contributed by atoms with Crippen molar-refractivity contribution in [3.63, 3.8) is 0 Å². The molecule has 0 spiro atoms. The van der Waals surface area contributed by atoms with Crippen LogP contribution < -0.4 is 16.5 Å².